The van der Waals surface area contributed by atoms with Crippen molar-refractivity contribution in [2.75, 3.05) is 6.61 Å². The highest BCUT2D eigenvalue weighted by molar-refractivity contribution is 5.87. The average molecular weight is 480 g/mol. The Morgan fingerprint density at radius 1 is 0.774 bits per heavy atom. The molecule has 4 nitrogen and oxygen atoms in total. The van der Waals surface area contributed by atoms with E-state index in [2.05, 4.69) is 22.6 Å². The molecule has 0 aliphatic rings. The molecule has 0 aliphatic heterocycles. The normalized spacial score (nSPS) is 14.6. The standard InChI is InChI=1S/C16H15F11O4/c1-7(2)10(28)30-6-9(31-11(29)8(3)4)5-12(17,18)14(20,21)13(19,15(22,23)24)16(25,26)27/h9H,1,3,5-6H2,2,4H3. The van der Waals surface area contributed by atoms with Crippen LogP contribution in [-0.2, 0) is 19.1 Å². The number of esters is 2. The second-order valence-corrected chi connectivity index (χ2v) is 6.32. The maximum Gasteiger partial charge on any atom is 0.438 e. The number of halogens is 11. The van der Waals surface area contributed by atoms with Crippen LogP contribution in [-0.4, -0.2) is 54.5 Å². The van der Waals surface area contributed by atoms with Gasteiger partial charge >= 0.3 is 41.8 Å². The predicted octanol–water partition coefficient (Wildman–Crippen LogP) is 5.09. The van der Waals surface area contributed by atoms with Crippen molar-refractivity contribution in [3.8, 4) is 0 Å². The number of alkyl halides is 11. The molecule has 0 saturated carbocycles. The lowest BCUT2D eigenvalue weighted by Gasteiger charge is -2.40. The molecule has 0 heterocycles. The van der Waals surface area contributed by atoms with Crippen molar-refractivity contribution in [1.82, 2.24) is 0 Å². The van der Waals surface area contributed by atoms with Gasteiger partial charge in [0.15, 0.2) is 0 Å². The van der Waals surface area contributed by atoms with Gasteiger partial charge in [-0.3, -0.25) is 0 Å². The Bertz CT molecular complexity index is 708. The summed E-state index contributed by atoms with van der Waals surface area (Å²) in [6.07, 6.45) is -20.5. The topological polar surface area (TPSA) is 52.6 Å². The molecule has 0 N–H and O–H groups in total. The highest BCUT2D eigenvalue weighted by Crippen LogP contribution is 2.59. The van der Waals surface area contributed by atoms with E-state index in [0.717, 1.165) is 13.8 Å². The fraction of sp³-hybridized carbons (Fsp3) is 0.625. The lowest BCUT2D eigenvalue weighted by molar-refractivity contribution is -0.428. The van der Waals surface area contributed by atoms with Crippen LogP contribution in [0.3, 0.4) is 0 Å². The van der Waals surface area contributed by atoms with E-state index < -0.39 is 66.5 Å². The summed E-state index contributed by atoms with van der Waals surface area (Å²) in [5.74, 6) is -16.8. The second kappa shape index (κ2) is 9.02. The van der Waals surface area contributed by atoms with Crippen LogP contribution >= 0.6 is 0 Å². The van der Waals surface area contributed by atoms with Crippen LogP contribution in [0.1, 0.15) is 20.3 Å². The third-order valence-corrected chi connectivity index (χ3v) is 3.53. The summed E-state index contributed by atoms with van der Waals surface area (Å²) in [6.45, 7) is 6.50. The zero-order valence-corrected chi connectivity index (χ0v) is 15.7. The molecule has 0 fully saturated rings. The predicted molar refractivity (Wildman–Crippen MR) is 80.9 cm³/mol. The Morgan fingerprint density at radius 2 is 1.16 bits per heavy atom. The van der Waals surface area contributed by atoms with Crippen molar-refractivity contribution in [3.63, 3.8) is 0 Å². The molecule has 1 atom stereocenters. The highest BCUT2D eigenvalue weighted by Gasteiger charge is 2.89. The Balaban J connectivity index is 6.17. The van der Waals surface area contributed by atoms with Crippen molar-refractivity contribution < 1.29 is 67.4 Å². The molecule has 0 aliphatic carbocycles. The lowest BCUT2D eigenvalue weighted by atomic mass is 9.88. The van der Waals surface area contributed by atoms with Crippen molar-refractivity contribution in [1.29, 1.82) is 0 Å². The molecule has 0 aromatic carbocycles. The van der Waals surface area contributed by atoms with Gasteiger partial charge in [-0.25, -0.2) is 14.0 Å². The quantitative estimate of drug-likeness (QED) is 0.262. The third-order valence-electron chi connectivity index (χ3n) is 3.53. The zero-order chi connectivity index (χ0) is 25.2. The summed E-state index contributed by atoms with van der Waals surface area (Å²) in [5, 5.41) is 0. The smallest absolute Gasteiger partial charge is 0.438 e. The van der Waals surface area contributed by atoms with Crippen LogP contribution in [0.4, 0.5) is 48.3 Å². The van der Waals surface area contributed by atoms with E-state index in [1.54, 1.807) is 0 Å². The molecule has 0 saturated heterocycles. The lowest BCUT2D eigenvalue weighted by Crippen LogP contribution is -2.70. The van der Waals surface area contributed by atoms with E-state index in [1.807, 2.05) is 0 Å². The van der Waals surface area contributed by atoms with Gasteiger partial charge in [0, 0.05) is 11.1 Å². The molecular formula is C16H15F11O4. The minimum Gasteiger partial charge on any atom is -0.458 e. The Labute approximate surface area is 167 Å². The highest BCUT2D eigenvalue weighted by atomic mass is 19.4. The van der Waals surface area contributed by atoms with Crippen LogP contribution in [0.5, 0.6) is 0 Å². The number of rotatable bonds is 9. The molecule has 15 heteroatoms. The SMILES string of the molecule is C=C(C)C(=O)OCC(CC(F)(F)C(F)(F)C(F)(C(F)(F)F)C(F)(F)F)OC(=O)C(=C)C. The third kappa shape index (κ3) is 5.87. The monoisotopic (exact) mass is 480 g/mol. The van der Waals surface area contributed by atoms with Gasteiger partial charge in [0.1, 0.15) is 12.7 Å². The Morgan fingerprint density at radius 3 is 1.48 bits per heavy atom. The van der Waals surface area contributed by atoms with Crippen LogP contribution in [0, 0.1) is 0 Å². The van der Waals surface area contributed by atoms with Gasteiger partial charge in [-0.2, -0.15) is 43.9 Å². The molecule has 0 aromatic heterocycles. The van der Waals surface area contributed by atoms with Gasteiger partial charge in [-0.15, -0.1) is 0 Å². The van der Waals surface area contributed by atoms with Gasteiger partial charge in [0.25, 0.3) is 0 Å². The average Bonchev–Trinajstić information content (AvgIpc) is 2.55. The molecule has 180 valence electrons. The van der Waals surface area contributed by atoms with E-state index in [1.165, 1.54) is 0 Å². The van der Waals surface area contributed by atoms with Crippen LogP contribution < -0.4 is 0 Å². The molecule has 0 bridgehead atoms. The molecule has 0 aromatic rings. The fourth-order valence-electron chi connectivity index (χ4n) is 1.86. The summed E-state index contributed by atoms with van der Waals surface area (Å²) < 4.78 is 153. The van der Waals surface area contributed by atoms with Crippen LogP contribution in [0.25, 0.3) is 0 Å². The first-order valence-electron chi connectivity index (χ1n) is 7.80. The minimum atomic E-state index is -7.66. The molecule has 0 amide bonds. The first-order valence-corrected chi connectivity index (χ1v) is 7.80. The van der Waals surface area contributed by atoms with Gasteiger partial charge in [-0.1, -0.05) is 13.2 Å². The maximum atomic E-state index is 14.0. The van der Waals surface area contributed by atoms with Gasteiger partial charge in [-0.05, 0) is 13.8 Å². The Kier molecular flexibility index (Phi) is 8.34. The largest absolute Gasteiger partial charge is 0.458 e. The first kappa shape index (κ1) is 28.6. The zero-order valence-electron chi connectivity index (χ0n) is 15.7. The van der Waals surface area contributed by atoms with Gasteiger partial charge in [0.2, 0.25) is 0 Å². The summed E-state index contributed by atoms with van der Waals surface area (Å²) in [7, 11) is 0. The number of hydrogen-bond acceptors (Lipinski definition) is 4. The van der Waals surface area contributed by atoms with Gasteiger partial charge in [0.05, 0.1) is 6.42 Å². The van der Waals surface area contributed by atoms with Gasteiger partial charge < -0.3 is 9.47 Å². The van der Waals surface area contributed by atoms with Crippen molar-refractivity contribution in [2.45, 2.75) is 56.2 Å². The summed E-state index contributed by atoms with van der Waals surface area (Å²) in [5.41, 5.74) is -8.58. The minimum absolute atomic E-state index is 0.376. The summed E-state index contributed by atoms with van der Waals surface area (Å²) in [4.78, 5) is 22.7. The summed E-state index contributed by atoms with van der Waals surface area (Å²) in [6, 6.07) is 0. The molecule has 31 heavy (non-hydrogen) atoms. The molecule has 0 spiro atoms. The number of carbonyl (C=O) groups excluding carboxylic acids is 2. The van der Waals surface area contributed by atoms with E-state index in [9.17, 15) is 57.9 Å². The van der Waals surface area contributed by atoms with E-state index >= 15 is 0 Å². The Hall–Kier alpha value is -2.35. The number of hydrogen-bond donors (Lipinski definition) is 0. The first-order chi connectivity index (χ1) is 13.5. The second-order valence-electron chi connectivity index (χ2n) is 6.32. The van der Waals surface area contributed by atoms with Crippen molar-refractivity contribution in [3.05, 3.63) is 24.3 Å². The molecule has 1 unspecified atom stereocenters. The van der Waals surface area contributed by atoms with Crippen LogP contribution in [0.2, 0.25) is 0 Å². The van der Waals surface area contributed by atoms with E-state index in [0.29, 0.717) is 0 Å². The molecular weight excluding hydrogens is 465 g/mol. The fourth-order valence-corrected chi connectivity index (χ4v) is 1.86. The van der Waals surface area contributed by atoms with E-state index in [-0.39, 0.29) is 5.57 Å². The molecule has 0 rings (SSSR count). The van der Waals surface area contributed by atoms with Crippen molar-refractivity contribution >= 4 is 11.9 Å². The van der Waals surface area contributed by atoms with Crippen molar-refractivity contribution in [2.24, 2.45) is 0 Å². The molecule has 0 radical (unpaired) electrons. The number of carbonyl (C=O) groups is 2. The summed E-state index contributed by atoms with van der Waals surface area (Å²) >= 11 is 0. The van der Waals surface area contributed by atoms with E-state index in [4.69, 9.17) is 0 Å². The maximum absolute atomic E-state index is 14.0. The van der Waals surface area contributed by atoms with Crippen LogP contribution in [0.15, 0.2) is 24.3 Å². The number of ether oxygens (including phenoxy) is 2.